The Kier molecular flexibility index (Phi) is 6.09. The standard InChI is InChI=1S/C21H25NO3S/c1-25-18-11-7-16(8-12-18)20-6-4-3-5-15-22(20)21(23)17-9-13-19(14-10-17)26(2)24/h7-14,20H,3-6,15H2,1-2H3/t20-,26+/m0/s1. The Morgan fingerprint density at radius 1 is 1.04 bits per heavy atom. The molecule has 138 valence electrons. The van der Waals surface area contributed by atoms with Gasteiger partial charge < -0.3 is 9.64 Å². The van der Waals surface area contributed by atoms with E-state index in [4.69, 9.17) is 4.74 Å². The number of benzene rings is 2. The van der Waals surface area contributed by atoms with Crippen molar-refractivity contribution in [1.82, 2.24) is 4.90 Å². The summed E-state index contributed by atoms with van der Waals surface area (Å²) >= 11 is 0. The molecule has 5 heteroatoms. The molecule has 1 amide bonds. The molecule has 1 saturated heterocycles. The van der Waals surface area contributed by atoms with Gasteiger partial charge in [0.2, 0.25) is 0 Å². The van der Waals surface area contributed by atoms with E-state index >= 15 is 0 Å². The third kappa shape index (κ3) is 4.15. The summed E-state index contributed by atoms with van der Waals surface area (Å²) in [6.07, 6.45) is 5.90. The zero-order valence-corrected chi connectivity index (χ0v) is 16.1. The summed E-state index contributed by atoms with van der Waals surface area (Å²) in [7, 11) is 0.622. The Morgan fingerprint density at radius 3 is 2.35 bits per heavy atom. The van der Waals surface area contributed by atoms with Crippen LogP contribution in [0.25, 0.3) is 0 Å². The topological polar surface area (TPSA) is 46.6 Å². The van der Waals surface area contributed by atoms with E-state index in [1.807, 2.05) is 17.0 Å². The lowest BCUT2D eigenvalue weighted by Crippen LogP contribution is -2.34. The van der Waals surface area contributed by atoms with E-state index in [2.05, 4.69) is 12.1 Å². The van der Waals surface area contributed by atoms with Gasteiger partial charge in [0.25, 0.3) is 5.91 Å². The molecule has 0 saturated carbocycles. The third-order valence-corrected chi connectivity index (χ3v) is 5.88. The first kappa shape index (κ1) is 18.6. The summed E-state index contributed by atoms with van der Waals surface area (Å²) < 4.78 is 16.8. The summed E-state index contributed by atoms with van der Waals surface area (Å²) in [6, 6.07) is 15.2. The molecule has 0 spiro atoms. The zero-order chi connectivity index (χ0) is 18.5. The molecule has 2 aromatic carbocycles. The Morgan fingerprint density at radius 2 is 1.73 bits per heavy atom. The summed E-state index contributed by atoms with van der Waals surface area (Å²) in [4.78, 5) is 15.9. The Labute approximate surface area is 157 Å². The van der Waals surface area contributed by atoms with Crippen molar-refractivity contribution < 1.29 is 13.7 Å². The van der Waals surface area contributed by atoms with Gasteiger partial charge >= 0.3 is 0 Å². The molecule has 1 fully saturated rings. The molecule has 3 rings (SSSR count). The van der Waals surface area contributed by atoms with Crippen molar-refractivity contribution in [2.75, 3.05) is 19.9 Å². The van der Waals surface area contributed by atoms with Crippen LogP contribution in [0.4, 0.5) is 0 Å². The van der Waals surface area contributed by atoms with Crippen LogP contribution in [-0.4, -0.2) is 34.9 Å². The molecule has 0 aromatic heterocycles. The fourth-order valence-corrected chi connectivity index (χ4v) is 4.00. The predicted octanol–water partition coefficient (Wildman–Crippen LogP) is 4.19. The van der Waals surface area contributed by atoms with Crippen LogP contribution < -0.4 is 4.74 Å². The van der Waals surface area contributed by atoms with Gasteiger partial charge in [0.05, 0.1) is 13.2 Å². The van der Waals surface area contributed by atoms with Crippen LogP contribution in [0.15, 0.2) is 53.4 Å². The van der Waals surface area contributed by atoms with Crippen LogP contribution >= 0.6 is 0 Å². The highest BCUT2D eigenvalue weighted by atomic mass is 32.2. The minimum absolute atomic E-state index is 0.0427. The molecule has 1 aliphatic heterocycles. The molecule has 0 aliphatic carbocycles. The maximum Gasteiger partial charge on any atom is 0.254 e. The van der Waals surface area contributed by atoms with Crippen molar-refractivity contribution in [3.63, 3.8) is 0 Å². The number of hydrogen-bond acceptors (Lipinski definition) is 3. The predicted molar refractivity (Wildman–Crippen MR) is 104 cm³/mol. The van der Waals surface area contributed by atoms with Gasteiger partial charge in [-0.3, -0.25) is 9.00 Å². The number of carbonyl (C=O) groups is 1. The van der Waals surface area contributed by atoms with Crippen molar-refractivity contribution in [2.24, 2.45) is 0 Å². The average molecular weight is 372 g/mol. The van der Waals surface area contributed by atoms with Crippen molar-refractivity contribution in [3.8, 4) is 5.75 Å². The monoisotopic (exact) mass is 371 g/mol. The number of nitrogens with zero attached hydrogens (tertiary/aromatic N) is 1. The molecule has 4 nitrogen and oxygen atoms in total. The molecule has 0 radical (unpaired) electrons. The molecular weight excluding hydrogens is 346 g/mol. The van der Waals surface area contributed by atoms with Crippen molar-refractivity contribution in [1.29, 1.82) is 0 Å². The molecule has 1 aliphatic rings. The van der Waals surface area contributed by atoms with Gasteiger partial charge in [-0.15, -0.1) is 0 Å². The molecule has 0 bridgehead atoms. The van der Waals surface area contributed by atoms with Crippen molar-refractivity contribution in [2.45, 2.75) is 36.6 Å². The lowest BCUT2D eigenvalue weighted by Gasteiger charge is -2.31. The number of hydrogen-bond donors (Lipinski definition) is 0. The van der Waals surface area contributed by atoms with E-state index in [0.29, 0.717) is 5.56 Å². The second-order valence-electron chi connectivity index (χ2n) is 6.62. The highest BCUT2D eigenvalue weighted by Gasteiger charge is 2.27. The average Bonchev–Trinajstić information content (AvgIpc) is 2.93. The smallest absolute Gasteiger partial charge is 0.254 e. The van der Waals surface area contributed by atoms with Crippen LogP contribution in [0.3, 0.4) is 0 Å². The van der Waals surface area contributed by atoms with E-state index in [1.54, 1.807) is 37.6 Å². The molecule has 2 aromatic rings. The van der Waals surface area contributed by atoms with Crippen molar-refractivity contribution >= 4 is 16.7 Å². The summed E-state index contributed by atoms with van der Waals surface area (Å²) in [6.45, 7) is 0.761. The van der Waals surface area contributed by atoms with Crippen LogP contribution in [0.5, 0.6) is 5.75 Å². The second-order valence-corrected chi connectivity index (χ2v) is 7.99. The third-order valence-electron chi connectivity index (χ3n) is 4.95. The molecular formula is C21H25NO3S. The minimum atomic E-state index is -1.03. The van der Waals surface area contributed by atoms with Crippen molar-refractivity contribution in [3.05, 3.63) is 59.7 Å². The maximum absolute atomic E-state index is 13.2. The minimum Gasteiger partial charge on any atom is -0.497 e. The van der Waals surface area contributed by atoms with E-state index < -0.39 is 10.8 Å². The first-order chi connectivity index (χ1) is 12.6. The highest BCUT2D eigenvalue weighted by molar-refractivity contribution is 7.84. The van der Waals surface area contributed by atoms with E-state index in [-0.39, 0.29) is 11.9 Å². The first-order valence-corrected chi connectivity index (χ1v) is 10.5. The SMILES string of the molecule is COc1ccc([C@@H]2CCCCCN2C(=O)c2ccc([S@@](C)=O)cc2)cc1. The Bertz CT molecular complexity index is 771. The maximum atomic E-state index is 13.2. The lowest BCUT2D eigenvalue weighted by atomic mass is 10.00. The summed E-state index contributed by atoms with van der Waals surface area (Å²) in [5.74, 6) is 0.865. The normalized spacial score (nSPS) is 18.8. The number of methoxy groups -OCH3 is 1. The van der Waals surface area contributed by atoms with Gasteiger partial charge in [0.15, 0.2) is 0 Å². The van der Waals surface area contributed by atoms with Crippen LogP contribution in [0, 0.1) is 0 Å². The molecule has 1 heterocycles. The molecule has 2 atom stereocenters. The second kappa shape index (κ2) is 8.49. The summed E-state index contributed by atoms with van der Waals surface area (Å²) in [5, 5.41) is 0. The zero-order valence-electron chi connectivity index (χ0n) is 15.3. The largest absolute Gasteiger partial charge is 0.497 e. The number of rotatable bonds is 4. The molecule has 0 N–H and O–H groups in total. The van der Waals surface area contributed by atoms with Gasteiger partial charge in [-0.05, 0) is 54.8 Å². The Balaban J connectivity index is 1.87. The quantitative estimate of drug-likeness (QED) is 0.810. The van der Waals surface area contributed by atoms with E-state index in [9.17, 15) is 9.00 Å². The lowest BCUT2D eigenvalue weighted by molar-refractivity contribution is 0.0681. The van der Waals surface area contributed by atoms with Gasteiger partial charge in [-0.2, -0.15) is 0 Å². The Hall–Kier alpha value is -2.14. The van der Waals surface area contributed by atoms with Crippen LogP contribution in [-0.2, 0) is 10.8 Å². The summed E-state index contributed by atoms with van der Waals surface area (Å²) in [5.41, 5.74) is 1.80. The molecule has 0 unspecified atom stereocenters. The number of ether oxygens (including phenoxy) is 1. The highest BCUT2D eigenvalue weighted by Crippen LogP contribution is 2.32. The number of amides is 1. The van der Waals surface area contributed by atoms with Gasteiger partial charge in [0.1, 0.15) is 5.75 Å². The van der Waals surface area contributed by atoms with Gasteiger partial charge in [-0.25, -0.2) is 0 Å². The van der Waals surface area contributed by atoms with E-state index in [1.165, 1.54) is 0 Å². The van der Waals surface area contributed by atoms with Crippen LogP contribution in [0.1, 0.15) is 47.6 Å². The first-order valence-electron chi connectivity index (χ1n) is 8.98. The van der Waals surface area contributed by atoms with Gasteiger partial charge in [0, 0.05) is 34.1 Å². The fourth-order valence-electron chi connectivity index (χ4n) is 3.48. The van der Waals surface area contributed by atoms with E-state index in [0.717, 1.165) is 48.4 Å². The number of likely N-dealkylation sites (tertiary alicyclic amines) is 1. The van der Waals surface area contributed by atoms with Gasteiger partial charge in [-0.1, -0.05) is 25.0 Å². The fraction of sp³-hybridized carbons (Fsp3) is 0.381. The molecule has 26 heavy (non-hydrogen) atoms. The number of carbonyl (C=O) groups excluding carboxylic acids is 1. The van der Waals surface area contributed by atoms with Crippen LogP contribution in [0.2, 0.25) is 0 Å².